The fourth-order valence-electron chi connectivity index (χ4n) is 1.50. The summed E-state index contributed by atoms with van der Waals surface area (Å²) in [7, 11) is 0. The first-order valence-corrected chi connectivity index (χ1v) is 5.02. The van der Waals surface area contributed by atoms with E-state index in [4.69, 9.17) is 5.26 Å². The number of hydrogen-bond donors (Lipinski definition) is 0. The van der Waals surface area contributed by atoms with Gasteiger partial charge in [0.1, 0.15) is 12.4 Å². The van der Waals surface area contributed by atoms with Crippen molar-refractivity contribution in [2.75, 3.05) is 11.4 Å². The van der Waals surface area contributed by atoms with Gasteiger partial charge in [-0.05, 0) is 24.3 Å². The van der Waals surface area contributed by atoms with Crippen molar-refractivity contribution < 1.29 is 0 Å². The van der Waals surface area contributed by atoms with Crippen LogP contribution < -0.4 is 4.90 Å². The average Bonchev–Trinajstić information content (AvgIpc) is 2.38. The predicted molar refractivity (Wildman–Crippen MR) is 63.3 cm³/mol. The molecule has 0 amide bonds. The molecular weight excluding hydrogens is 198 g/mol. The molecule has 1 aromatic heterocycles. The number of rotatable bonds is 3. The van der Waals surface area contributed by atoms with Gasteiger partial charge in [-0.1, -0.05) is 24.3 Å². The minimum Gasteiger partial charge on any atom is -0.313 e. The second kappa shape index (κ2) is 4.94. The van der Waals surface area contributed by atoms with Crippen molar-refractivity contribution in [2.45, 2.75) is 0 Å². The molecule has 0 saturated carbocycles. The van der Waals surface area contributed by atoms with Crippen LogP contribution in [0.25, 0.3) is 0 Å². The Bertz CT molecular complexity index is 434. The molecule has 1 heterocycles. The molecule has 0 aliphatic carbocycles. The zero-order valence-corrected chi connectivity index (χ0v) is 8.74. The molecule has 3 nitrogen and oxygen atoms in total. The van der Waals surface area contributed by atoms with Crippen molar-refractivity contribution in [3.63, 3.8) is 0 Å². The molecular formula is C13H11N3. The molecule has 0 spiro atoms. The fourth-order valence-corrected chi connectivity index (χ4v) is 1.50. The van der Waals surface area contributed by atoms with Crippen LogP contribution in [0.15, 0.2) is 54.7 Å². The van der Waals surface area contributed by atoms with Gasteiger partial charge < -0.3 is 4.90 Å². The van der Waals surface area contributed by atoms with Gasteiger partial charge in [-0.2, -0.15) is 5.26 Å². The van der Waals surface area contributed by atoms with E-state index in [2.05, 4.69) is 11.1 Å². The lowest BCUT2D eigenvalue weighted by atomic mass is 10.3. The van der Waals surface area contributed by atoms with Crippen LogP contribution in [0.2, 0.25) is 0 Å². The van der Waals surface area contributed by atoms with E-state index < -0.39 is 0 Å². The summed E-state index contributed by atoms with van der Waals surface area (Å²) < 4.78 is 0. The summed E-state index contributed by atoms with van der Waals surface area (Å²) in [6.45, 7) is 0.293. The number of para-hydroxylation sites is 1. The fraction of sp³-hybridized carbons (Fsp3) is 0.0769. The van der Waals surface area contributed by atoms with Gasteiger partial charge >= 0.3 is 0 Å². The summed E-state index contributed by atoms with van der Waals surface area (Å²) in [5, 5.41) is 8.84. The van der Waals surface area contributed by atoms with E-state index in [-0.39, 0.29) is 0 Å². The lowest BCUT2D eigenvalue weighted by molar-refractivity contribution is 1.05. The van der Waals surface area contributed by atoms with Crippen LogP contribution in [0.3, 0.4) is 0 Å². The minimum absolute atomic E-state index is 0.293. The molecule has 0 N–H and O–H groups in total. The zero-order valence-electron chi connectivity index (χ0n) is 8.74. The van der Waals surface area contributed by atoms with Gasteiger partial charge in [-0.15, -0.1) is 0 Å². The van der Waals surface area contributed by atoms with Crippen LogP contribution >= 0.6 is 0 Å². The summed E-state index contributed by atoms with van der Waals surface area (Å²) in [4.78, 5) is 6.12. The van der Waals surface area contributed by atoms with Gasteiger partial charge in [0.2, 0.25) is 0 Å². The third kappa shape index (κ3) is 2.18. The highest BCUT2D eigenvalue weighted by Crippen LogP contribution is 2.21. The predicted octanol–water partition coefficient (Wildman–Crippen LogP) is 2.74. The molecule has 0 aliphatic rings. The van der Waals surface area contributed by atoms with Crippen molar-refractivity contribution in [2.24, 2.45) is 0 Å². The van der Waals surface area contributed by atoms with Gasteiger partial charge in [-0.3, -0.25) is 0 Å². The van der Waals surface area contributed by atoms with Crippen LogP contribution in [0.5, 0.6) is 0 Å². The first-order valence-electron chi connectivity index (χ1n) is 5.02. The summed E-state index contributed by atoms with van der Waals surface area (Å²) in [6, 6.07) is 17.6. The van der Waals surface area contributed by atoms with Crippen LogP contribution in [0.4, 0.5) is 11.5 Å². The summed E-state index contributed by atoms with van der Waals surface area (Å²) in [5.74, 6) is 0.787. The summed E-state index contributed by atoms with van der Waals surface area (Å²) >= 11 is 0. The lowest BCUT2D eigenvalue weighted by Crippen LogP contribution is -2.17. The highest BCUT2D eigenvalue weighted by molar-refractivity contribution is 5.60. The Kier molecular flexibility index (Phi) is 3.15. The number of pyridine rings is 1. The Morgan fingerprint density at radius 3 is 2.44 bits per heavy atom. The van der Waals surface area contributed by atoms with E-state index in [0.717, 1.165) is 11.5 Å². The Balaban J connectivity index is 2.36. The Morgan fingerprint density at radius 2 is 1.81 bits per heavy atom. The standard InChI is InChI=1S/C13H11N3/c14-9-11-16(12-6-2-1-3-7-12)13-8-4-5-10-15-13/h1-8,10H,11H2. The van der Waals surface area contributed by atoms with E-state index in [0.29, 0.717) is 6.54 Å². The highest BCUT2D eigenvalue weighted by atomic mass is 15.2. The van der Waals surface area contributed by atoms with Gasteiger partial charge in [0.25, 0.3) is 0 Å². The van der Waals surface area contributed by atoms with E-state index in [1.807, 2.05) is 53.4 Å². The zero-order chi connectivity index (χ0) is 11.2. The SMILES string of the molecule is N#CCN(c1ccccc1)c1ccccn1. The summed E-state index contributed by atoms with van der Waals surface area (Å²) in [5.41, 5.74) is 0.975. The van der Waals surface area contributed by atoms with E-state index in [1.165, 1.54) is 0 Å². The van der Waals surface area contributed by atoms with Crippen molar-refractivity contribution in [3.05, 3.63) is 54.7 Å². The molecule has 2 rings (SSSR count). The lowest BCUT2D eigenvalue weighted by Gasteiger charge is -2.20. The molecule has 0 fully saturated rings. The van der Waals surface area contributed by atoms with Crippen LogP contribution in [-0.2, 0) is 0 Å². The molecule has 0 saturated heterocycles. The molecule has 3 heteroatoms. The molecule has 0 aliphatic heterocycles. The largest absolute Gasteiger partial charge is 0.313 e. The van der Waals surface area contributed by atoms with Crippen LogP contribution in [-0.4, -0.2) is 11.5 Å². The summed E-state index contributed by atoms with van der Waals surface area (Å²) in [6.07, 6.45) is 1.72. The molecule has 1 aromatic carbocycles. The maximum absolute atomic E-state index is 8.84. The van der Waals surface area contributed by atoms with Crippen molar-refractivity contribution in [1.29, 1.82) is 5.26 Å². The smallest absolute Gasteiger partial charge is 0.133 e. The molecule has 0 radical (unpaired) electrons. The number of nitrogens with zero attached hydrogens (tertiary/aromatic N) is 3. The van der Waals surface area contributed by atoms with E-state index >= 15 is 0 Å². The monoisotopic (exact) mass is 209 g/mol. The molecule has 0 atom stereocenters. The van der Waals surface area contributed by atoms with Gasteiger partial charge in [0, 0.05) is 11.9 Å². The number of benzene rings is 1. The first kappa shape index (κ1) is 10.2. The Hall–Kier alpha value is -2.34. The van der Waals surface area contributed by atoms with E-state index in [9.17, 15) is 0 Å². The quantitative estimate of drug-likeness (QED) is 0.730. The number of aromatic nitrogens is 1. The molecule has 2 aromatic rings. The maximum Gasteiger partial charge on any atom is 0.133 e. The first-order chi connectivity index (χ1) is 7.92. The number of anilines is 2. The van der Waals surface area contributed by atoms with Crippen molar-refractivity contribution >= 4 is 11.5 Å². The molecule has 0 unspecified atom stereocenters. The van der Waals surface area contributed by atoms with Gasteiger partial charge in [0.05, 0.1) is 6.07 Å². The third-order valence-corrected chi connectivity index (χ3v) is 2.22. The molecule has 16 heavy (non-hydrogen) atoms. The van der Waals surface area contributed by atoms with Gasteiger partial charge in [0.15, 0.2) is 0 Å². The average molecular weight is 209 g/mol. The van der Waals surface area contributed by atoms with Crippen LogP contribution in [0, 0.1) is 11.3 Å². The molecule has 0 bridgehead atoms. The van der Waals surface area contributed by atoms with Crippen LogP contribution in [0.1, 0.15) is 0 Å². The number of hydrogen-bond acceptors (Lipinski definition) is 3. The normalized spacial score (nSPS) is 9.44. The Morgan fingerprint density at radius 1 is 1.06 bits per heavy atom. The minimum atomic E-state index is 0.293. The van der Waals surface area contributed by atoms with Crippen molar-refractivity contribution in [1.82, 2.24) is 4.98 Å². The topological polar surface area (TPSA) is 39.9 Å². The van der Waals surface area contributed by atoms with Gasteiger partial charge in [-0.25, -0.2) is 4.98 Å². The highest BCUT2D eigenvalue weighted by Gasteiger charge is 2.08. The van der Waals surface area contributed by atoms with E-state index in [1.54, 1.807) is 6.20 Å². The molecule has 78 valence electrons. The number of nitriles is 1. The maximum atomic E-state index is 8.84. The second-order valence-corrected chi connectivity index (χ2v) is 3.27. The second-order valence-electron chi connectivity index (χ2n) is 3.27. The van der Waals surface area contributed by atoms with Crippen molar-refractivity contribution in [3.8, 4) is 6.07 Å². The Labute approximate surface area is 94.6 Å². The third-order valence-electron chi connectivity index (χ3n) is 2.22.